The number of nitrogens with one attached hydrogen (secondary N) is 1. The number of carbonyl (C=O) groups excluding carboxylic acids is 1. The molecule has 0 spiro atoms. The molecular formula is C11H22N2O2. The van der Waals surface area contributed by atoms with E-state index in [0.717, 1.165) is 6.54 Å². The maximum Gasteiger partial charge on any atom is 0.228 e. The Morgan fingerprint density at radius 1 is 1.53 bits per heavy atom. The van der Waals surface area contributed by atoms with Gasteiger partial charge in [0, 0.05) is 18.5 Å². The molecule has 1 saturated heterocycles. The van der Waals surface area contributed by atoms with Gasteiger partial charge >= 0.3 is 0 Å². The molecule has 4 heteroatoms. The standard InChI is InChI=1S/C11H22N2O2/c1-11(2,3)10(14)13-5-6-15-8-9(13)7-12-4/h9,12H,5-8H2,1-4H3. The maximum absolute atomic E-state index is 12.1. The van der Waals surface area contributed by atoms with E-state index in [1.807, 2.05) is 32.7 Å². The Bertz CT molecular complexity index is 221. The van der Waals surface area contributed by atoms with Crippen molar-refractivity contribution in [2.24, 2.45) is 5.41 Å². The number of likely N-dealkylation sites (N-methyl/N-ethyl adjacent to an activating group) is 1. The molecular weight excluding hydrogens is 192 g/mol. The molecule has 0 radical (unpaired) electrons. The van der Waals surface area contributed by atoms with Crippen molar-refractivity contribution in [1.82, 2.24) is 10.2 Å². The van der Waals surface area contributed by atoms with Crippen molar-refractivity contribution in [2.75, 3.05) is 33.4 Å². The van der Waals surface area contributed by atoms with Crippen LogP contribution in [0.4, 0.5) is 0 Å². The van der Waals surface area contributed by atoms with Crippen LogP contribution in [-0.4, -0.2) is 50.2 Å². The second kappa shape index (κ2) is 4.94. The summed E-state index contributed by atoms with van der Waals surface area (Å²) in [6.45, 7) is 8.68. The minimum Gasteiger partial charge on any atom is -0.377 e. The highest BCUT2D eigenvalue weighted by atomic mass is 16.5. The summed E-state index contributed by atoms with van der Waals surface area (Å²) in [5, 5.41) is 3.10. The van der Waals surface area contributed by atoms with E-state index < -0.39 is 0 Å². The number of nitrogens with zero attached hydrogens (tertiary/aromatic N) is 1. The zero-order chi connectivity index (χ0) is 11.5. The fourth-order valence-electron chi connectivity index (χ4n) is 1.76. The monoisotopic (exact) mass is 214 g/mol. The first kappa shape index (κ1) is 12.5. The molecule has 0 aliphatic carbocycles. The van der Waals surface area contributed by atoms with Gasteiger partial charge in [0.15, 0.2) is 0 Å². The van der Waals surface area contributed by atoms with Crippen LogP contribution in [0.5, 0.6) is 0 Å². The molecule has 1 rings (SSSR count). The highest BCUT2D eigenvalue weighted by Gasteiger charge is 2.33. The molecule has 0 aromatic rings. The molecule has 1 atom stereocenters. The fourth-order valence-corrected chi connectivity index (χ4v) is 1.76. The van der Waals surface area contributed by atoms with Crippen molar-refractivity contribution in [3.8, 4) is 0 Å². The van der Waals surface area contributed by atoms with Crippen LogP contribution in [-0.2, 0) is 9.53 Å². The Kier molecular flexibility index (Phi) is 4.11. The van der Waals surface area contributed by atoms with E-state index in [1.54, 1.807) is 0 Å². The predicted octanol–water partition coefficient (Wildman–Crippen LogP) is 0.479. The van der Waals surface area contributed by atoms with Gasteiger partial charge in [-0.2, -0.15) is 0 Å². The number of hydrogen-bond donors (Lipinski definition) is 1. The first-order chi connectivity index (χ1) is 6.96. The largest absolute Gasteiger partial charge is 0.377 e. The summed E-state index contributed by atoms with van der Waals surface area (Å²) in [5.41, 5.74) is -0.302. The van der Waals surface area contributed by atoms with Gasteiger partial charge in [-0.1, -0.05) is 20.8 Å². The molecule has 15 heavy (non-hydrogen) atoms. The molecule has 1 amide bonds. The quantitative estimate of drug-likeness (QED) is 0.727. The number of ether oxygens (including phenoxy) is 1. The zero-order valence-corrected chi connectivity index (χ0v) is 10.2. The summed E-state index contributed by atoms with van der Waals surface area (Å²) in [5.74, 6) is 0.214. The molecule has 1 aliphatic rings. The zero-order valence-electron chi connectivity index (χ0n) is 10.2. The first-order valence-electron chi connectivity index (χ1n) is 5.50. The van der Waals surface area contributed by atoms with Crippen LogP contribution in [0.1, 0.15) is 20.8 Å². The minimum absolute atomic E-state index is 0.176. The van der Waals surface area contributed by atoms with Crippen LogP contribution >= 0.6 is 0 Å². The second-order valence-corrected chi connectivity index (χ2v) is 5.03. The van der Waals surface area contributed by atoms with Crippen molar-refractivity contribution in [3.05, 3.63) is 0 Å². The van der Waals surface area contributed by atoms with Gasteiger partial charge in [-0.15, -0.1) is 0 Å². The molecule has 0 aromatic carbocycles. The molecule has 1 heterocycles. The summed E-state index contributed by atoms with van der Waals surface area (Å²) in [6.07, 6.45) is 0. The molecule has 0 bridgehead atoms. The molecule has 0 aromatic heterocycles. The van der Waals surface area contributed by atoms with Gasteiger partial charge in [0.1, 0.15) is 0 Å². The van der Waals surface area contributed by atoms with Crippen LogP contribution in [0.3, 0.4) is 0 Å². The first-order valence-corrected chi connectivity index (χ1v) is 5.50. The van der Waals surface area contributed by atoms with Crippen molar-refractivity contribution in [2.45, 2.75) is 26.8 Å². The average molecular weight is 214 g/mol. The number of morpholine rings is 1. The van der Waals surface area contributed by atoms with Gasteiger partial charge in [-0.3, -0.25) is 4.79 Å². The van der Waals surface area contributed by atoms with E-state index in [2.05, 4.69) is 5.32 Å². The average Bonchev–Trinajstić information content (AvgIpc) is 2.17. The maximum atomic E-state index is 12.1. The van der Waals surface area contributed by atoms with Crippen molar-refractivity contribution in [1.29, 1.82) is 0 Å². The molecule has 0 saturated carbocycles. The van der Waals surface area contributed by atoms with Crippen LogP contribution in [0.15, 0.2) is 0 Å². The molecule has 1 fully saturated rings. The highest BCUT2D eigenvalue weighted by Crippen LogP contribution is 2.20. The van der Waals surface area contributed by atoms with E-state index in [1.165, 1.54) is 0 Å². The van der Waals surface area contributed by atoms with Gasteiger partial charge < -0.3 is 15.0 Å². The number of rotatable bonds is 2. The Labute approximate surface area is 92.0 Å². The van der Waals surface area contributed by atoms with Gasteiger partial charge in [0.05, 0.1) is 19.3 Å². The topological polar surface area (TPSA) is 41.6 Å². The van der Waals surface area contributed by atoms with Crippen molar-refractivity contribution < 1.29 is 9.53 Å². The normalized spacial score (nSPS) is 22.9. The number of hydrogen-bond acceptors (Lipinski definition) is 3. The molecule has 4 nitrogen and oxygen atoms in total. The summed E-state index contributed by atoms with van der Waals surface area (Å²) >= 11 is 0. The molecule has 1 aliphatic heterocycles. The van der Waals surface area contributed by atoms with Crippen LogP contribution in [0.25, 0.3) is 0 Å². The smallest absolute Gasteiger partial charge is 0.228 e. The van der Waals surface area contributed by atoms with E-state index in [9.17, 15) is 4.79 Å². The summed E-state index contributed by atoms with van der Waals surface area (Å²) in [7, 11) is 1.90. The fraction of sp³-hybridized carbons (Fsp3) is 0.909. The molecule has 1 N–H and O–H groups in total. The number of carbonyl (C=O) groups is 1. The lowest BCUT2D eigenvalue weighted by Gasteiger charge is -2.39. The lowest BCUT2D eigenvalue weighted by molar-refractivity contribution is -0.148. The summed E-state index contributed by atoms with van der Waals surface area (Å²) in [4.78, 5) is 14.1. The highest BCUT2D eigenvalue weighted by molar-refractivity contribution is 5.82. The SMILES string of the molecule is CNCC1COCCN1C(=O)C(C)(C)C. The third-order valence-corrected chi connectivity index (χ3v) is 2.57. The Morgan fingerprint density at radius 2 is 2.20 bits per heavy atom. The van der Waals surface area contributed by atoms with Gasteiger partial charge in [0.25, 0.3) is 0 Å². The van der Waals surface area contributed by atoms with Crippen molar-refractivity contribution >= 4 is 5.91 Å². The minimum atomic E-state index is -0.302. The van der Waals surface area contributed by atoms with Crippen molar-refractivity contribution in [3.63, 3.8) is 0 Å². The third-order valence-electron chi connectivity index (χ3n) is 2.57. The lowest BCUT2D eigenvalue weighted by Crippen LogP contribution is -2.55. The van der Waals surface area contributed by atoms with E-state index in [-0.39, 0.29) is 17.4 Å². The predicted molar refractivity (Wildman–Crippen MR) is 59.7 cm³/mol. The van der Waals surface area contributed by atoms with E-state index >= 15 is 0 Å². The van der Waals surface area contributed by atoms with E-state index in [0.29, 0.717) is 19.8 Å². The van der Waals surface area contributed by atoms with E-state index in [4.69, 9.17) is 4.74 Å². The Hall–Kier alpha value is -0.610. The summed E-state index contributed by atoms with van der Waals surface area (Å²) < 4.78 is 5.39. The third kappa shape index (κ3) is 3.18. The Morgan fingerprint density at radius 3 is 2.73 bits per heavy atom. The van der Waals surface area contributed by atoms with Crippen LogP contribution in [0.2, 0.25) is 0 Å². The van der Waals surface area contributed by atoms with Gasteiger partial charge in [-0.05, 0) is 7.05 Å². The number of amides is 1. The summed E-state index contributed by atoms with van der Waals surface area (Å²) in [6, 6.07) is 0.176. The molecule has 1 unspecified atom stereocenters. The second-order valence-electron chi connectivity index (χ2n) is 5.03. The van der Waals surface area contributed by atoms with Gasteiger partial charge in [0.2, 0.25) is 5.91 Å². The van der Waals surface area contributed by atoms with Crippen LogP contribution < -0.4 is 5.32 Å². The van der Waals surface area contributed by atoms with Gasteiger partial charge in [-0.25, -0.2) is 0 Å². The van der Waals surface area contributed by atoms with Crippen LogP contribution in [0, 0.1) is 5.41 Å². The molecule has 88 valence electrons. The lowest BCUT2D eigenvalue weighted by atomic mass is 9.93. The Balaban J connectivity index is 2.67.